The molecule has 1 N–H and O–H groups in total. The zero-order valence-electron chi connectivity index (χ0n) is 7.91. The lowest BCUT2D eigenvalue weighted by Gasteiger charge is -2.13. The predicted octanol–water partition coefficient (Wildman–Crippen LogP) is 2.03. The fraction of sp³-hybridized carbons (Fsp3) is 0.200. The Labute approximate surface area is 90.6 Å². The van der Waals surface area contributed by atoms with E-state index in [-0.39, 0.29) is 11.9 Å². The van der Waals surface area contributed by atoms with Crippen LogP contribution >= 0.6 is 0 Å². The zero-order valence-corrected chi connectivity index (χ0v) is 8.81. The molecule has 0 spiro atoms. The Morgan fingerprint density at radius 3 is 2.47 bits per heavy atom. The highest BCUT2D eigenvalue weighted by atomic mass is 32.2. The first-order chi connectivity index (χ1) is 7.17. The monoisotopic (exact) mass is 231 g/mol. The van der Waals surface area contributed by atoms with Crippen LogP contribution in [0.25, 0.3) is 0 Å². The number of hydrogen-bond donors (Lipinski definition) is 2. The van der Waals surface area contributed by atoms with Gasteiger partial charge in [0.25, 0.3) is 0 Å². The average molecular weight is 231 g/mol. The van der Waals surface area contributed by atoms with E-state index < -0.39 is 17.7 Å². The molecule has 0 aliphatic heterocycles. The Morgan fingerprint density at radius 1 is 1.40 bits per heavy atom. The van der Waals surface area contributed by atoms with E-state index in [4.69, 9.17) is 0 Å². The van der Waals surface area contributed by atoms with Crippen LogP contribution in [-0.4, -0.2) is 4.21 Å². The van der Waals surface area contributed by atoms with Crippen molar-refractivity contribution in [3.63, 3.8) is 0 Å². The van der Waals surface area contributed by atoms with E-state index in [1.54, 1.807) is 6.08 Å². The molecule has 0 unspecified atom stereocenters. The minimum Gasteiger partial charge on any atom is -0.246 e. The van der Waals surface area contributed by atoms with E-state index in [2.05, 4.69) is 11.3 Å². The Bertz CT molecular complexity index is 340. The normalized spacial score (nSPS) is 12.4. The first kappa shape index (κ1) is 12.0. The van der Waals surface area contributed by atoms with E-state index in [0.717, 1.165) is 6.07 Å². The van der Waals surface area contributed by atoms with E-state index >= 15 is 0 Å². The summed E-state index contributed by atoms with van der Waals surface area (Å²) in [7, 11) is 0. The molecule has 5 heteroatoms. The van der Waals surface area contributed by atoms with Gasteiger partial charge in [0.15, 0.2) is 0 Å². The Kier molecular flexibility index (Phi) is 4.58. The minimum absolute atomic E-state index is 0.281. The first-order valence-corrected chi connectivity index (χ1v) is 5.13. The lowest BCUT2D eigenvalue weighted by Crippen LogP contribution is -2.16. The molecule has 0 aliphatic rings. The summed E-state index contributed by atoms with van der Waals surface area (Å²) in [5, 5.41) is 0. The second kappa shape index (κ2) is 5.72. The molecule has 82 valence electrons. The maximum Gasteiger partial charge on any atom is 0.126 e. The van der Waals surface area contributed by atoms with Crippen molar-refractivity contribution in [3.8, 4) is 0 Å². The van der Waals surface area contributed by atoms with Crippen molar-refractivity contribution in [2.75, 3.05) is 0 Å². The van der Waals surface area contributed by atoms with Gasteiger partial charge in [-0.2, -0.15) is 0 Å². The van der Waals surface area contributed by atoms with Crippen molar-refractivity contribution in [3.05, 3.63) is 48.1 Å². The van der Waals surface area contributed by atoms with Crippen molar-refractivity contribution >= 4 is 11.9 Å². The average Bonchev–Trinajstić information content (AvgIpc) is 2.16. The molecule has 0 aromatic heterocycles. The van der Waals surface area contributed by atoms with Crippen LogP contribution in [0.2, 0.25) is 0 Å². The molecule has 1 aromatic carbocycles. The van der Waals surface area contributed by atoms with Gasteiger partial charge in [-0.1, -0.05) is 6.08 Å². The predicted molar refractivity (Wildman–Crippen MR) is 56.6 cm³/mol. The SMILES string of the molecule is C=CC[C@H](N[SH]=O)c1cc(F)cc(F)c1. The minimum atomic E-state index is -0.650. The maximum atomic E-state index is 12.9. The second-order valence-corrected chi connectivity index (χ2v) is 3.44. The van der Waals surface area contributed by atoms with Crippen molar-refractivity contribution in [1.29, 1.82) is 0 Å². The molecule has 0 heterocycles. The van der Waals surface area contributed by atoms with E-state index in [9.17, 15) is 13.0 Å². The third-order valence-corrected chi connectivity index (χ3v) is 2.32. The molecule has 0 aliphatic carbocycles. The molecule has 0 radical (unpaired) electrons. The molecular weight excluding hydrogens is 220 g/mol. The summed E-state index contributed by atoms with van der Waals surface area (Å²) in [6.45, 7) is 3.52. The Morgan fingerprint density at radius 2 is 2.00 bits per heavy atom. The highest BCUT2D eigenvalue weighted by molar-refractivity contribution is 7.63. The summed E-state index contributed by atoms with van der Waals surface area (Å²) >= 11 is -0.281. The molecule has 0 fully saturated rings. The Hall–Kier alpha value is -1.07. The van der Waals surface area contributed by atoms with Gasteiger partial charge in [0.1, 0.15) is 11.6 Å². The Balaban J connectivity index is 2.98. The van der Waals surface area contributed by atoms with Gasteiger partial charge < -0.3 is 0 Å². The van der Waals surface area contributed by atoms with Gasteiger partial charge in [-0.05, 0) is 24.1 Å². The number of nitrogens with one attached hydrogen (secondary N) is 1. The van der Waals surface area contributed by atoms with Crippen LogP contribution in [0.1, 0.15) is 18.0 Å². The smallest absolute Gasteiger partial charge is 0.126 e. The highest BCUT2D eigenvalue weighted by Gasteiger charge is 2.11. The fourth-order valence-corrected chi connectivity index (χ4v) is 1.65. The van der Waals surface area contributed by atoms with Crippen LogP contribution in [0, 0.1) is 11.6 Å². The van der Waals surface area contributed by atoms with Gasteiger partial charge in [-0.25, -0.2) is 17.7 Å². The summed E-state index contributed by atoms with van der Waals surface area (Å²) < 4.78 is 38.8. The molecule has 0 saturated heterocycles. The van der Waals surface area contributed by atoms with Crippen LogP contribution in [-0.2, 0) is 11.9 Å². The van der Waals surface area contributed by atoms with Crippen LogP contribution in [0.15, 0.2) is 30.9 Å². The van der Waals surface area contributed by atoms with Gasteiger partial charge in [0, 0.05) is 12.1 Å². The summed E-state index contributed by atoms with van der Waals surface area (Å²) in [4.78, 5) is 0. The molecule has 0 bridgehead atoms. The van der Waals surface area contributed by atoms with Crippen molar-refractivity contribution in [1.82, 2.24) is 4.72 Å². The van der Waals surface area contributed by atoms with Gasteiger partial charge in [-0.15, -0.1) is 6.58 Å². The zero-order chi connectivity index (χ0) is 11.3. The number of thiol groups is 1. The van der Waals surface area contributed by atoms with Gasteiger partial charge >= 0.3 is 0 Å². The molecule has 2 nitrogen and oxygen atoms in total. The lowest BCUT2D eigenvalue weighted by molar-refractivity contribution is 0.568. The van der Waals surface area contributed by atoms with Crippen molar-refractivity contribution < 1.29 is 13.0 Å². The molecule has 1 rings (SSSR count). The number of rotatable bonds is 5. The van der Waals surface area contributed by atoms with E-state index in [1.807, 2.05) is 0 Å². The van der Waals surface area contributed by atoms with Gasteiger partial charge in [-0.3, -0.25) is 0 Å². The van der Waals surface area contributed by atoms with Crippen molar-refractivity contribution in [2.45, 2.75) is 12.5 Å². The van der Waals surface area contributed by atoms with Crippen LogP contribution < -0.4 is 4.72 Å². The summed E-state index contributed by atoms with van der Waals surface area (Å²) in [6.07, 6.45) is 2.03. The van der Waals surface area contributed by atoms with Gasteiger partial charge in [0.2, 0.25) is 0 Å². The quantitative estimate of drug-likeness (QED) is 0.589. The molecule has 1 atom stereocenters. The van der Waals surface area contributed by atoms with E-state index in [1.165, 1.54) is 12.1 Å². The van der Waals surface area contributed by atoms with E-state index in [0.29, 0.717) is 12.0 Å². The third kappa shape index (κ3) is 3.53. The topological polar surface area (TPSA) is 29.1 Å². The molecule has 15 heavy (non-hydrogen) atoms. The molecule has 0 amide bonds. The molecule has 0 saturated carbocycles. The van der Waals surface area contributed by atoms with Gasteiger partial charge in [0.05, 0.1) is 11.9 Å². The number of hydrogen-bond acceptors (Lipinski definition) is 1. The summed E-state index contributed by atoms with van der Waals surface area (Å²) in [5.74, 6) is -1.30. The van der Waals surface area contributed by atoms with Crippen LogP contribution in [0.5, 0.6) is 0 Å². The van der Waals surface area contributed by atoms with Crippen LogP contribution in [0.4, 0.5) is 8.78 Å². The summed E-state index contributed by atoms with van der Waals surface area (Å²) in [6, 6.07) is 2.81. The van der Waals surface area contributed by atoms with Crippen LogP contribution in [0.3, 0.4) is 0 Å². The second-order valence-electron chi connectivity index (χ2n) is 3.00. The lowest BCUT2D eigenvalue weighted by atomic mass is 10.0. The largest absolute Gasteiger partial charge is 0.246 e. The van der Waals surface area contributed by atoms with Crippen molar-refractivity contribution in [2.24, 2.45) is 0 Å². The molecule has 1 aromatic rings. The summed E-state index contributed by atoms with van der Waals surface area (Å²) in [5.41, 5.74) is 0.413. The highest BCUT2D eigenvalue weighted by Crippen LogP contribution is 2.19. The number of benzene rings is 1. The maximum absolute atomic E-state index is 12.9. The standard InChI is InChI=1S/C10H11F2NOS/c1-2-3-10(13-15-14)7-4-8(11)6-9(12)5-7/h2,4-6,10,15H,1,3H2,(H,13,14)/t10-/m0/s1. The third-order valence-electron chi connectivity index (χ3n) is 1.90. The first-order valence-electron chi connectivity index (χ1n) is 4.32. The number of halogens is 2. The molecular formula is C10H11F2NOS. The fourth-order valence-electron chi connectivity index (χ4n) is 1.27.